The van der Waals surface area contributed by atoms with Crippen molar-refractivity contribution >= 4 is 23.3 Å². The van der Waals surface area contributed by atoms with Gasteiger partial charge in [-0.2, -0.15) is 0 Å². The zero-order valence-corrected chi connectivity index (χ0v) is 18.9. The van der Waals surface area contributed by atoms with Crippen molar-refractivity contribution in [2.45, 2.75) is 66.0 Å². The summed E-state index contributed by atoms with van der Waals surface area (Å²) in [6.45, 7) is 9.36. The van der Waals surface area contributed by atoms with E-state index in [0.717, 1.165) is 42.6 Å². The standard InChI is InChI=1S/C23H38N4O2/c1-7-24-23(29)27(17(4)16(2)3)15-19-14-20(12-13-21(19)26(5)6)25-22(28)18-10-8-9-11-18/h12-14,16-18H,7-11,15H2,1-6H3,(H,24,29)(H,25,28). The summed E-state index contributed by atoms with van der Waals surface area (Å²) in [5.41, 5.74) is 2.88. The molecule has 3 amide bonds. The molecule has 0 aliphatic heterocycles. The normalized spacial score (nSPS) is 15.3. The SMILES string of the molecule is CCNC(=O)N(Cc1cc(NC(=O)C2CCCC2)ccc1N(C)C)C(C)C(C)C. The van der Waals surface area contributed by atoms with Crippen LogP contribution in [0.2, 0.25) is 0 Å². The van der Waals surface area contributed by atoms with Crippen LogP contribution in [-0.2, 0) is 11.3 Å². The van der Waals surface area contributed by atoms with E-state index in [1.54, 1.807) is 0 Å². The topological polar surface area (TPSA) is 64.7 Å². The van der Waals surface area contributed by atoms with Gasteiger partial charge in [0.05, 0.1) is 0 Å². The third-order valence-electron chi connectivity index (χ3n) is 5.94. The van der Waals surface area contributed by atoms with Crippen molar-refractivity contribution in [3.63, 3.8) is 0 Å². The van der Waals surface area contributed by atoms with Gasteiger partial charge in [0.1, 0.15) is 0 Å². The molecule has 1 unspecified atom stereocenters. The first kappa shape index (κ1) is 23.0. The van der Waals surface area contributed by atoms with Gasteiger partial charge in [-0.25, -0.2) is 4.79 Å². The summed E-state index contributed by atoms with van der Waals surface area (Å²) in [5.74, 6) is 0.576. The van der Waals surface area contributed by atoms with Crippen LogP contribution in [0.5, 0.6) is 0 Å². The first-order valence-corrected chi connectivity index (χ1v) is 10.9. The van der Waals surface area contributed by atoms with Crippen LogP contribution in [0.25, 0.3) is 0 Å². The Morgan fingerprint density at radius 1 is 1.14 bits per heavy atom. The molecule has 0 aromatic heterocycles. The van der Waals surface area contributed by atoms with E-state index in [0.29, 0.717) is 19.0 Å². The van der Waals surface area contributed by atoms with Gasteiger partial charge in [0.25, 0.3) is 0 Å². The van der Waals surface area contributed by atoms with Crippen molar-refractivity contribution in [2.24, 2.45) is 11.8 Å². The molecule has 29 heavy (non-hydrogen) atoms. The Labute approximate surface area is 176 Å². The Bertz CT molecular complexity index is 696. The Morgan fingerprint density at radius 2 is 1.79 bits per heavy atom. The summed E-state index contributed by atoms with van der Waals surface area (Å²) < 4.78 is 0. The van der Waals surface area contributed by atoms with Crippen LogP contribution >= 0.6 is 0 Å². The van der Waals surface area contributed by atoms with E-state index in [1.807, 2.05) is 49.0 Å². The van der Waals surface area contributed by atoms with Crippen molar-refractivity contribution < 1.29 is 9.59 Å². The molecule has 1 aromatic rings. The average molecular weight is 403 g/mol. The summed E-state index contributed by atoms with van der Waals surface area (Å²) in [7, 11) is 4.00. The van der Waals surface area contributed by atoms with Crippen LogP contribution in [0.4, 0.5) is 16.2 Å². The highest BCUT2D eigenvalue weighted by molar-refractivity contribution is 5.93. The molecule has 1 aromatic carbocycles. The van der Waals surface area contributed by atoms with Crippen LogP contribution in [0.15, 0.2) is 18.2 Å². The van der Waals surface area contributed by atoms with Gasteiger partial charge in [-0.05, 0) is 56.4 Å². The van der Waals surface area contributed by atoms with Crippen LogP contribution in [0, 0.1) is 11.8 Å². The molecule has 162 valence electrons. The summed E-state index contributed by atoms with van der Waals surface area (Å²) >= 11 is 0. The molecule has 2 rings (SSSR count). The number of hydrogen-bond donors (Lipinski definition) is 2. The minimum atomic E-state index is -0.0567. The van der Waals surface area contributed by atoms with Crippen molar-refractivity contribution in [2.75, 3.05) is 30.9 Å². The average Bonchev–Trinajstić information content (AvgIpc) is 3.20. The van der Waals surface area contributed by atoms with Crippen LogP contribution < -0.4 is 15.5 Å². The third-order valence-corrected chi connectivity index (χ3v) is 5.94. The maximum absolute atomic E-state index is 12.7. The van der Waals surface area contributed by atoms with Crippen molar-refractivity contribution in [1.82, 2.24) is 10.2 Å². The number of amides is 3. The number of nitrogens with one attached hydrogen (secondary N) is 2. The third kappa shape index (κ3) is 6.12. The highest BCUT2D eigenvalue weighted by Gasteiger charge is 2.25. The van der Waals surface area contributed by atoms with Crippen LogP contribution in [0.3, 0.4) is 0 Å². The van der Waals surface area contributed by atoms with Crippen molar-refractivity contribution in [3.8, 4) is 0 Å². The van der Waals surface area contributed by atoms with E-state index >= 15 is 0 Å². The zero-order chi connectivity index (χ0) is 21.6. The molecule has 6 nitrogen and oxygen atoms in total. The second kappa shape index (κ2) is 10.5. The number of hydrogen-bond acceptors (Lipinski definition) is 3. The van der Waals surface area contributed by atoms with Gasteiger partial charge < -0.3 is 20.4 Å². The molecule has 6 heteroatoms. The quantitative estimate of drug-likeness (QED) is 0.675. The molecule has 0 bridgehead atoms. The summed E-state index contributed by atoms with van der Waals surface area (Å²) in [6, 6.07) is 6.03. The fourth-order valence-electron chi connectivity index (χ4n) is 3.86. The number of urea groups is 1. The molecule has 0 radical (unpaired) electrons. The Hall–Kier alpha value is -2.24. The van der Waals surface area contributed by atoms with E-state index in [2.05, 4.69) is 31.4 Å². The maximum atomic E-state index is 12.7. The summed E-state index contributed by atoms with van der Waals surface area (Å²) in [4.78, 5) is 29.2. The largest absolute Gasteiger partial charge is 0.377 e. The highest BCUT2D eigenvalue weighted by Crippen LogP contribution is 2.29. The Morgan fingerprint density at radius 3 is 2.34 bits per heavy atom. The fourth-order valence-corrected chi connectivity index (χ4v) is 3.86. The number of anilines is 2. The lowest BCUT2D eigenvalue weighted by Crippen LogP contribution is -2.46. The van der Waals surface area contributed by atoms with Gasteiger partial charge >= 0.3 is 6.03 Å². The summed E-state index contributed by atoms with van der Waals surface area (Å²) in [6.07, 6.45) is 4.23. The number of carbonyl (C=O) groups excluding carboxylic acids is 2. The number of nitrogens with zero attached hydrogens (tertiary/aromatic N) is 2. The molecule has 0 saturated heterocycles. The van der Waals surface area contributed by atoms with Gasteiger partial charge in [0, 0.05) is 50.5 Å². The second-order valence-corrected chi connectivity index (χ2v) is 8.66. The first-order valence-electron chi connectivity index (χ1n) is 10.9. The molecule has 1 saturated carbocycles. The molecule has 1 aliphatic rings. The first-order chi connectivity index (χ1) is 13.7. The molecule has 1 atom stereocenters. The second-order valence-electron chi connectivity index (χ2n) is 8.66. The number of carbonyl (C=O) groups is 2. The Balaban J connectivity index is 2.28. The molecule has 1 aliphatic carbocycles. The lowest BCUT2D eigenvalue weighted by atomic mass is 10.0. The fraction of sp³-hybridized carbons (Fsp3) is 0.652. The predicted molar refractivity (Wildman–Crippen MR) is 120 cm³/mol. The number of rotatable bonds is 8. The minimum absolute atomic E-state index is 0.0567. The molecular weight excluding hydrogens is 364 g/mol. The van der Waals surface area contributed by atoms with Gasteiger partial charge in [0.2, 0.25) is 5.91 Å². The van der Waals surface area contributed by atoms with E-state index in [9.17, 15) is 9.59 Å². The predicted octanol–water partition coefficient (Wildman–Crippen LogP) is 4.46. The lowest BCUT2D eigenvalue weighted by molar-refractivity contribution is -0.119. The van der Waals surface area contributed by atoms with Crippen LogP contribution in [0.1, 0.15) is 58.9 Å². The smallest absolute Gasteiger partial charge is 0.317 e. The van der Waals surface area contributed by atoms with Gasteiger partial charge in [0.15, 0.2) is 0 Å². The van der Waals surface area contributed by atoms with E-state index in [4.69, 9.17) is 0 Å². The van der Waals surface area contributed by atoms with Gasteiger partial charge in [-0.3, -0.25) is 4.79 Å². The van der Waals surface area contributed by atoms with E-state index in [-0.39, 0.29) is 23.9 Å². The van der Waals surface area contributed by atoms with Gasteiger partial charge in [-0.1, -0.05) is 26.7 Å². The Kier molecular flexibility index (Phi) is 8.35. The maximum Gasteiger partial charge on any atom is 0.317 e. The molecule has 0 heterocycles. The molecular formula is C23H38N4O2. The van der Waals surface area contributed by atoms with Crippen LogP contribution in [-0.4, -0.2) is 43.5 Å². The summed E-state index contributed by atoms with van der Waals surface area (Å²) in [5, 5.41) is 6.03. The molecule has 0 spiro atoms. The monoisotopic (exact) mass is 402 g/mol. The lowest BCUT2D eigenvalue weighted by Gasteiger charge is -2.33. The minimum Gasteiger partial charge on any atom is -0.377 e. The zero-order valence-electron chi connectivity index (χ0n) is 18.9. The van der Waals surface area contributed by atoms with E-state index < -0.39 is 0 Å². The van der Waals surface area contributed by atoms with E-state index in [1.165, 1.54) is 0 Å². The van der Waals surface area contributed by atoms with Gasteiger partial charge in [-0.15, -0.1) is 0 Å². The molecule has 2 N–H and O–H groups in total. The van der Waals surface area contributed by atoms with Crippen molar-refractivity contribution in [3.05, 3.63) is 23.8 Å². The molecule has 1 fully saturated rings. The van der Waals surface area contributed by atoms with Crippen molar-refractivity contribution in [1.29, 1.82) is 0 Å². The number of benzene rings is 1. The highest BCUT2D eigenvalue weighted by atomic mass is 16.2.